The van der Waals surface area contributed by atoms with Gasteiger partial charge in [0.1, 0.15) is 15.7 Å². The number of carbonyl (C=O) groups is 1. The summed E-state index contributed by atoms with van der Waals surface area (Å²) < 4.78 is 0. The molecule has 3 rings (SSSR count). The molecule has 0 radical (unpaired) electrons. The molecule has 7 heteroatoms. The van der Waals surface area contributed by atoms with Crippen molar-refractivity contribution in [3.63, 3.8) is 0 Å². The number of rotatable bonds is 4. The van der Waals surface area contributed by atoms with E-state index in [1.807, 2.05) is 0 Å². The summed E-state index contributed by atoms with van der Waals surface area (Å²) in [5.41, 5.74) is 8.58. The third-order valence-corrected chi connectivity index (χ3v) is 4.93. The highest BCUT2D eigenvalue weighted by Gasteiger charge is 2.28. The van der Waals surface area contributed by atoms with Crippen LogP contribution in [0.1, 0.15) is 17.9 Å². The lowest BCUT2D eigenvalue weighted by Crippen LogP contribution is -2.39. The Kier molecular flexibility index (Phi) is 5.18. The van der Waals surface area contributed by atoms with Gasteiger partial charge in [0.25, 0.3) is 5.91 Å². The Labute approximate surface area is 156 Å². The van der Waals surface area contributed by atoms with E-state index in [2.05, 4.69) is 50.6 Å². The van der Waals surface area contributed by atoms with Gasteiger partial charge in [0.05, 0.1) is 11.3 Å². The van der Waals surface area contributed by atoms with Crippen LogP contribution >= 0.6 is 0 Å². The number of allylic oxidation sites excluding steroid dienone is 4. The molecule has 1 aromatic carbocycles. The van der Waals surface area contributed by atoms with Gasteiger partial charge in [0.15, 0.2) is 0 Å². The minimum atomic E-state index is -0.585. The molecule has 1 atom stereocenters. The van der Waals surface area contributed by atoms with Crippen molar-refractivity contribution in [2.45, 2.75) is 17.6 Å². The van der Waals surface area contributed by atoms with Crippen LogP contribution in [-0.2, 0) is 4.79 Å². The summed E-state index contributed by atoms with van der Waals surface area (Å²) >= 11 is 0. The van der Waals surface area contributed by atoms with Gasteiger partial charge in [-0.2, -0.15) is 0 Å². The van der Waals surface area contributed by atoms with Gasteiger partial charge < -0.3 is 16.4 Å². The van der Waals surface area contributed by atoms with Gasteiger partial charge in [-0.15, -0.1) is 0 Å². The van der Waals surface area contributed by atoms with Crippen LogP contribution in [-0.4, -0.2) is 40.4 Å². The van der Waals surface area contributed by atoms with Crippen molar-refractivity contribution in [2.75, 3.05) is 18.4 Å². The lowest BCUT2D eigenvalue weighted by molar-refractivity contribution is -0.114. The number of hydrogen-bond donors (Lipinski definition) is 4. The maximum atomic E-state index is 11.3. The van der Waals surface area contributed by atoms with E-state index in [1.54, 1.807) is 24.4 Å². The van der Waals surface area contributed by atoms with E-state index < -0.39 is 5.91 Å². The van der Waals surface area contributed by atoms with Gasteiger partial charge in [-0.05, 0) is 36.2 Å². The summed E-state index contributed by atoms with van der Waals surface area (Å²) in [6, 6.07) is 8.42. The number of hydrogen-bond acceptors (Lipinski definition) is 4. The highest BCUT2D eigenvalue weighted by Crippen LogP contribution is 2.35. The monoisotopic (exact) mass is 346 g/mol. The molecule has 26 heavy (non-hydrogen) atoms. The molecule has 5 nitrogen and oxygen atoms in total. The first-order valence-corrected chi connectivity index (χ1v) is 8.90. The Balaban J connectivity index is 1.67. The maximum Gasteiger partial charge on any atom is 0.250 e. The van der Waals surface area contributed by atoms with Gasteiger partial charge in [0.2, 0.25) is 0 Å². The quantitative estimate of drug-likeness (QED) is 0.597. The van der Waals surface area contributed by atoms with E-state index in [1.165, 1.54) is 12.0 Å². The molecule has 1 aliphatic heterocycles. The van der Waals surface area contributed by atoms with Crippen LogP contribution in [0.4, 0.5) is 5.69 Å². The summed E-state index contributed by atoms with van der Waals surface area (Å²) in [5, 5.41) is 15.1. The molecule has 0 aromatic heterocycles. The number of benzene rings is 1. The zero-order valence-electron chi connectivity index (χ0n) is 15.3. The molecule has 1 fully saturated rings. The van der Waals surface area contributed by atoms with Gasteiger partial charge >= 0.3 is 0 Å². The van der Waals surface area contributed by atoms with Crippen molar-refractivity contribution in [3.05, 3.63) is 65.4 Å². The zero-order chi connectivity index (χ0) is 18.7. The Morgan fingerprint density at radius 1 is 1.35 bits per heavy atom. The fraction of sp³-hybridized carbons (Fsp3) is 0.263. The highest BCUT2D eigenvalue weighted by atomic mass is 16.1. The van der Waals surface area contributed by atoms with Crippen LogP contribution in [0.3, 0.4) is 0 Å². The second-order valence-electron chi connectivity index (χ2n) is 7.74. The number of nitrogens with two attached hydrogens (primary N) is 1. The maximum absolute atomic E-state index is 11.3. The second-order valence-corrected chi connectivity index (χ2v) is 7.74. The van der Waals surface area contributed by atoms with Crippen molar-refractivity contribution in [1.82, 2.24) is 5.32 Å². The Hall–Kier alpha value is -2.53. The summed E-state index contributed by atoms with van der Waals surface area (Å²) in [6.07, 6.45) is 7.99. The van der Waals surface area contributed by atoms with Crippen molar-refractivity contribution in [2.24, 2.45) is 5.73 Å². The Morgan fingerprint density at radius 3 is 2.73 bits per heavy atom. The van der Waals surface area contributed by atoms with Crippen LogP contribution < -0.4 is 16.4 Å². The Morgan fingerprint density at radius 2 is 2.08 bits per heavy atom. The van der Waals surface area contributed by atoms with Crippen molar-refractivity contribution in [1.29, 1.82) is 5.41 Å². The first-order valence-electron chi connectivity index (χ1n) is 8.90. The van der Waals surface area contributed by atoms with E-state index in [0.29, 0.717) is 16.7 Å². The molecule has 1 aromatic rings. The van der Waals surface area contributed by atoms with Crippen molar-refractivity contribution >= 4 is 33.0 Å². The van der Waals surface area contributed by atoms with Crippen LogP contribution in [0.15, 0.2) is 59.8 Å². The third kappa shape index (κ3) is 4.17. The Bertz CT molecular complexity index is 809. The molecular weight excluding hydrogens is 322 g/mol. The largest absolute Gasteiger partial charge is 0.366 e. The zero-order valence-corrected chi connectivity index (χ0v) is 15.3. The number of piperidine rings is 1. The summed E-state index contributed by atoms with van der Waals surface area (Å²) in [6.45, 7) is 2.09. The van der Waals surface area contributed by atoms with Crippen LogP contribution in [0.25, 0.3) is 0 Å². The summed E-state index contributed by atoms with van der Waals surface area (Å²) in [5.74, 6) is -0.0532. The topological polar surface area (TPSA) is 91.0 Å². The van der Waals surface area contributed by atoms with Crippen molar-refractivity contribution < 1.29 is 4.79 Å². The predicted octanol–water partition coefficient (Wildman–Crippen LogP) is 0.443. The molecule has 1 amide bonds. The normalized spacial score (nSPS) is 23.5. The molecule has 1 saturated heterocycles. The number of amides is 1. The molecule has 2 aliphatic rings. The van der Waals surface area contributed by atoms with E-state index in [0.717, 1.165) is 18.8 Å². The van der Waals surface area contributed by atoms with E-state index >= 15 is 0 Å². The van der Waals surface area contributed by atoms with Gasteiger partial charge in [-0.25, -0.2) is 0 Å². The molecule has 0 saturated carbocycles. The molecule has 1 heterocycles. The van der Waals surface area contributed by atoms with Gasteiger partial charge in [-0.3, -0.25) is 10.2 Å². The number of nitrogens with one attached hydrogen (secondary N) is 3. The predicted molar refractivity (Wildman–Crippen MR) is 112 cm³/mol. The van der Waals surface area contributed by atoms with E-state index in [4.69, 9.17) is 11.1 Å². The van der Waals surface area contributed by atoms with Crippen LogP contribution in [0, 0.1) is 5.41 Å². The van der Waals surface area contributed by atoms with Gasteiger partial charge in [-0.1, -0.05) is 35.9 Å². The molecule has 0 spiro atoms. The first-order chi connectivity index (χ1) is 12.4. The van der Waals surface area contributed by atoms with Crippen LogP contribution in [0.5, 0.6) is 0 Å². The fourth-order valence-corrected chi connectivity index (χ4v) is 3.54. The molecule has 1 unspecified atom stereocenters. The molecular formula is C19H24B2N4O. The minimum Gasteiger partial charge on any atom is -0.366 e. The van der Waals surface area contributed by atoms with Crippen molar-refractivity contribution in [3.8, 4) is 0 Å². The third-order valence-electron chi connectivity index (χ3n) is 4.93. The smallest absolute Gasteiger partial charge is 0.250 e. The molecule has 132 valence electrons. The number of anilines is 1. The van der Waals surface area contributed by atoms with Gasteiger partial charge in [0, 0.05) is 24.0 Å². The minimum absolute atomic E-state index is 0.139. The molecule has 5 N–H and O–H groups in total. The highest BCUT2D eigenvalue weighted by molar-refractivity contribution is 6.40. The SMILES string of the molecule is BC1(B)CNCC(c2ccc(N/C=C3/C=CC=C(C(N)=O)C3=N)cc2)C1. The first kappa shape index (κ1) is 18.3. The lowest BCUT2D eigenvalue weighted by atomic mass is 9.49. The van der Waals surface area contributed by atoms with Crippen LogP contribution in [0.2, 0.25) is 5.21 Å². The average Bonchev–Trinajstić information content (AvgIpc) is 2.60. The lowest BCUT2D eigenvalue weighted by Gasteiger charge is -2.36. The molecule has 1 aliphatic carbocycles. The average molecular weight is 346 g/mol. The number of primary amides is 1. The summed E-state index contributed by atoms with van der Waals surface area (Å²) in [7, 11) is 4.60. The second kappa shape index (κ2) is 7.38. The molecule has 0 bridgehead atoms. The standard InChI is InChI=1S/C19H24B2N4O/c20-19(21)8-14(9-24-11-19)12-4-6-15(7-5-12)25-10-13-2-1-3-16(17(13)22)18(23)26/h1-7,10,14,22,24-25H,8-9,11,20-21H2,(H2,23,26)/b13-10-,22-17?. The number of carbonyl (C=O) groups excluding carboxylic acids is 1. The van der Waals surface area contributed by atoms with E-state index in [9.17, 15) is 4.79 Å². The summed E-state index contributed by atoms with van der Waals surface area (Å²) in [4.78, 5) is 11.3. The fourth-order valence-electron chi connectivity index (χ4n) is 3.54. The van der Waals surface area contributed by atoms with E-state index in [-0.39, 0.29) is 11.3 Å².